The van der Waals surface area contributed by atoms with Gasteiger partial charge in [0.15, 0.2) is 0 Å². The van der Waals surface area contributed by atoms with Crippen LogP contribution in [0.25, 0.3) is 11.3 Å². The number of halogens is 4. The van der Waals surface area contributed by atoms with Gasteiger partial charge < -0.3 is 5.73 Å². The minimum atomic E-state index is -4.36. The first-order valence-electron chi connectivity index (χ1n) is 4.84. The van der Waals surface area contributed by atoms with E-state index in [1.807, 2.05) is 0 Å². The van der Waals surface area contributed by atoms with Crippen LogP contribution in [-0.2, 0) is 6.18 Å². The van der Waals surface area contributed by atoms with E-state index in [2.05, 4.69) is 9.97 Å². The Balaban J connectivity index is 2.40. The molecule has 0 bridgehead atoms. The predicted octanol–water partition coefficient (Wildman–Crippen LogP) is 3.40. The number of hydrogen-bond acceptors (Lipinski definition) is 3. The van der Waals surface area contributed by atoms with Crippen molar-refractivity contribution in [3.05, 3.63) is 41.0 Å². The molecular formula is C11H7ClF3N3. The monoisotopic (exact) mass is 273 g/mol. The largest absolute Gasteiger partial charge is 0.416 e. The molecule has 1 aromatic heterocycles. The lowest BCUT2D eigenvalue weighted by atomic mass is 10.1. The lowest BCUT2D eigenvalue weighted by molar-refractivity contribution is -0.137. The molecule has 0 saturated carbocycles. The number of nitrogens with two attached hydrogens (primary N) is 1. The van der Waals surface area contributed by atoms with Gasteiger partial charge in [-0.05, 0) is 12.1 Å². The number of hydrogen-bond donors (Lipinski definition) is 1. The van der Waals surface area contributed by atoms with Crippen molar-refractivity contribution in [1.82, 2.24) is 9.97 Å². The zero-order valence-electron chi connectivity index (χ0n) is 8.87. The smallest absolute Gasteiger partial charge is 0.368 e. The number of nitrogen functional groups attached to an aromatic ring is 1. The fraction of sp³-hybridized carbons (Fsp3) is 0.0909. The molecule has 0 radical (unpaired) electrons. The highest BCUT2D eigenvalue weighted by Gasteiger charge is 2.30. The van der Waals surface area contributed by atoms with E-state index in [-0.39, 0.29) is 11.1 Å². The average molecular weight is 274 g/mol. The quantitative estimate of drug-likeness (QED) is 0.810. The number of anilines is 1. The Morgan fingerprint density at radius 1 is 1.06 bits per heavy atom. The summed E-state index contributed by atoms with van der Waals surface area (Å²) in [4.78, 5) is 7.57. The van der Waals surface area contributed by atoms with Crippen molar-refractivity contribution < 1.29 is 13.2 Å². The Morgan fingerprint density at radius 3 is 2.17 bits per heavy atom. The molecule has 0 saturated heterocycles. The third-order valence-corrected chi connectivity index (χ3v) is 2.41. The number of rotatable bonds is 1. The summed E-state index contributed by atoms with van der Waals surface area (Å²) in [7, 11) is 0. The van der Waals surface area contributed by atoms with Crippen LogP contribution in [0.2, 0.25) is 5.15 Å². The Bertz CT molecular complexity index is 546. The van der Waals surface area contributed by atoms with Gasteiger partial charge in [-0.15, -0.1) is 0 Å². The van der Waals surface area contributed by atoms with Crippen LogP contribution in [0.1, 0.15) is 5.56 Å². The first-order valence-corrected chi connectivity index (χ1v) is 5.22. The second-order valence-electron chi connectivity index (χ2n) is 3.51. The molecule has 0 aliphatic rings. The van der Waals surface area contributed by atoms with Crippen LogP contribution in [0.5, 0.6) is 0 Å². The maximum Gasteiger partial charge on any atom is 0.416 e. The molecule has 0 aliphatic heterocycles. The van der Waals surface area contributed by atoms with Crippen LogP contribution in [0, 0.1) is 0 Å². The van der Waals surface area contributed by atoms with Crippen LogP contribution < -0.4 is 5.73 Å². The van der Waals surface area contributed by atoms with E-state index >= 15 is 0 Å². The molecular weight excluding hydrogens is 267 g/mol. The van der Waals surface area contributed by atoms with E-state index in [1.165, 1.54) is 18.2 Å². The van der Waals surface area contributed by atoms with E-state index in [4.69, 9.17) is 17.3 Å². The Morgan fingerprint density at radius 2 is 1.67 bits per heavy atom. The maximum absolute atomic E-state index is 12.4. The van der Waals surface area contributed by atoms with E-state index in [1.54, 1.807) is 0 Å². The van der Waals surface area contributed by atoms with Crippen molar-refractivity contribution in [2.24, 2.45) is 0 Å². The third kappa shape index (κ3) is 2.70. The van der Waals surface area contributed by atoms with Gasteiger partial charge in [0.05, 0.1) is 11.3 Å². The van der Waals surface area contributed by atoms with Gasteiger partial charge in [0.2, 0.25) is 5.95 Å². The van der Waals surface area contributed by atoms with Gasteiger partial charge in [0.1, 0.15) is 5.15 Å². The van der Waals surface area contributed by atoms with Gasteiger partial charge in [0.25, 0.3) is 0 Å². The van der Waals surface area contributed by atoms with Crippen molar-refractivity contribution in [1.29, 1.82) is 0 Å². The van der Waals surface area contributed by atoms with Crippen LogP contribution >= 0.6 is 11.6 Å². The topological polar surface area (TPSA) is 51.8 Å². The summed E-state index contributed by atoms with van der Waals surface area (Å²) >= 11 is 5.69. The molecule has 0 spiro atoms. The van der Waals surface area contributed by atoms with Gasteiger partial charge in [0, 0.05) is 11.6 Å². The molecule has 2 rings (SSSR count). The lowest BCUT2D eigenvalue weighted by Gasteiger charge is -2.07. The normalized spacial score (nSPS) is 11.6. The van der Waals surface area contributed by atoms with Crippen molar-refractivity contribution >= 4 is 17.5 Å². The Hall–Kier alpha value is -1.82. The van der Waals surface area contributed by atoms with Gasteiger partial charge in [-0.1, -0.05) is 23.7 Å². The summed E-state index contributed by atoms with van der Waals surface area (Å²) in [6.45, 7) is 0. The molecule has 0 fully saturated rings. The Kier molecular flexibility index (Phi) is 3.13. The second kappa shape index (κ2) is 4.45. The second-order valence-corrected chi connectivity index (χ2v) is 3.90. The van der Waals surface area contributed by atoms with Gasteiger partial charge in [-0.25, -0.2) is 9.97 Å². The molecule has 0 aliphatic carbocycles. The van der Waals surface area contributed by atoms with Crippen LogP contribution in [0.15, 0.2) is 30.3 Å². The first-order chi connectivity index (χ1) is 8.36. The zero-order valence-corrected chi connectivity index (χ0v) is 9.63. The molecule has 7 heteroatoms. The zero-order chi connectivity index (χ0) is 13.3. The summed E-state index contributed by atoms with van der Waals surface area (Å²) in [5.74, 6) is -0.0302. The number of alkyl halides is 3. The van der Waals surface area contributed by atoms with Crippen LogP contribution in [-0.4, -0.2) is 9.97 Å². The van der Waals surface area contributed by atoms with E-state index in [0.717, 1.165) is 12.1 Å². The van der Waals surface area contributed by atoms with Crippen LogP contribution in [0.3, 0.4) is 0 Å². The highest BCUT2D eigenvalue weighted by atomic mass is 35.5. The highest BCUT2D eigenvalue weighted by Crippen LogP contribution is 2.30. The predicted molar refractivity (Wildman–Crippen MR) is 61.9 cm³/mol. The number of nitrogens with zero attached hydrogens (tertiary/aromatic N) is 2. The molecule has 2 N–H and O–H groups in total. The van der Waals surface area contributed by atoms with Crippen LogP contribution in [0.4, 0.5) is 19.1 Å². The Labute approximate surface area is 105 Å². The molecule has 1 heterocycles. The van der Waals surface area contributed by atoms with Gasteiger partial charge in [-0.3, -0.25) is 0 Å². The van der Waals surface area contributed by atoms with Crippen molar-refractivity contribution in [3.8, 4) is 11.3 Å². The van der Waals surface area contributed by atoms with Gasteiger partial charge >= 0.3 is 6.18 Å². The van der Waals surface area contributed by atoms with Crippen molar-refractivity contribution in [3.63, 3.8) is 0 Å². The van der Waals surface area contributed by atoms with Gasteiger partial charge in [-0.2, -0.15) is 13.2 Å². The maximum atomic E-state index is 12.4. The first kappa shape index (κ1) is 12.6. The summed E-state index contributed by atoms with van der Waals surface area (Å²) in [5, 5.41) is 0.136. The molecule has 0 atom stereocenters. The average Bonchev–Trinajstić information content (AvgIpc) is 2.27. The molecule has 0 unspecified atom stereocenters. The summed E-state index contributed by atoms with van der Waals surface area (Å²) in [6, 6.07) is 5.99. The number of benzene rings is 1. The fourth-order valence-electron chi connectivity index (χ4n) is 1.41. The summed E-state index contributed by atoms with van der Waals surface area (Å²) in [6.07, 6.45) is -4.36. The third-order valence-electron chi connectivity index (χ3n) is 2.22. The lowest BCUT2D eigenvalue weighted by Crippen LogP contribution is -2.04. The number of aromatic nitrogens is 2. The summed E-state index contributed by atoms with van der Waals surface area (Å²) in [5.41, 5.74) is 5.55. The van der Waals surface area contributed by atoms with E-state index in [0.29, 0.717) is 11.3 Å². The molecule has 0 amide bonds. The molecule has 18 heavy (non-hydrogen) atoms. The minimum Gasteiger partial charge on any atom is -0.368 e. The molecule has 3 nitrogen and oxygen atoms in total. The molecule has 2 aromatic rings. The minimum absolute atomic E-state index is 0.0302. The summed E-state index contributed by atoms with van der Waals surface area (Å²) < 4.78 is 37.2. The molecule has 1 aromatic carbocycles. The van der Waals surface area contributed by atoms with E-state index < -0.39 is 11.7 Å². The van der Waals surface area contributed by atoms with E-state index in [9.17, 15) is 13.2 Å². The SMILES string of the molecule is Nc1nc(Cl)cc(-c2ccc(C(F)(F)F)cc2)n1. The standard InChI is InChI=1S/C11H7ClF3N3/c12-9-5-8(17-10(16)18-9)6-1-3-7(4-2-6)11(13,14)15/h1-5H,(H2,16,17,18). The highest BCUT2D eigenvalue weighted by molar-refractivity contribution is 6.29. The fourth-order valence-corrected chi connectivity index (χ4v) is 1.60. The van der Waals surface area contributed by atoms with Crippen molar-refractivity contribution in [2.45, 2.75) is 6.18 Å². The van der Waals surface area contributed by atoms with Crippen molar-refractivity contribution in [2.75, 3.05) is 5.73 Å². The molecule has 94 valence electrons.